The second kappa shape index (κ2) is 9.14. The summed E-state index contributed by atoms with van der Waals surface area (Å²) in [7, 11) is 1.63. The molecule has 1 aliphatic rings. The molecule has 1 atom stereocenters. The number of carbonyl (C=O) groups is 2. The molecule has 2 aromatic rings. The van der Waals surface area contributed by atoms with Gasteiger partial charge >= 0.3 is 0 Å². The van der Waals surface area contributed by atoms with Crippen molar-refractivity contribution in [1.29, 1.82) is 0 Å². The second-order valence-electron chi connectivity index (χ2n) is 8.55. The number of benzene rings is 1. The molecule has 2 N–H and O–H groups in total. The number of hydrogen-bond donors (Lipinski definition) is 1. The topological polar surface area (TPSA) is 88.8 Å². The monoisotopic (exact) mass is 430 g/mol. The van der Waals surface area contributed by atoms with Gasteiger partial charge in [0.05, 0.1) is 30.9 Å². The lowest BCUT2D eigenvalue weighted by Crippen LogP contribution is -2.58. The molecule has 0 spiro atoms. The van der Waals surface area contributed by atoms with E-state index in [4.69, 9.17) is 10.5 Å². The van der Waals surface area contributed by atoms with Gasteiger partial charge in [0, 0.05) is 37.0 Å². The number of carbonyl (C=O) groups excluding carboxylic acids is 2. The summed E-state index contributed by atoms with van der Waals surface area (Å²) in [5.74, 6) is 0.553. The van der Waals surface area contributed by atoms with E-state index in [1.807, 2.05) is 28.5 Å². The molecule has 7 nitrogen and oxygen atoms in total. The van der Waals surface area contributed by atoms with Gasteiger partial charge in [-0.15, -0.1) is 11.3 Å². The van der Waals surface area contributed by atoms with Crippen LogP contribution in [0, 0.1) is 0 Å². The van der Waals surface area contributed by atoms with Gasteiger partial charge in [0.1, 0.15) is 5.75 Å². The molecule has 1 aromatic carbocycles. The Bertz CT molecular complexity index is 892. The minimum absolute atomic E-state index is 0.0250. The predicted molar refractivity (Wildman–Crippen MR) is 118 cm³/mol. The highest BCUT2D eigenvalue weighted by molar-refractivity contribution is 7.07. The Morgan fingerprint density at radius 1 is 1.30 bits per heavy atom. The Hall–Kier alpha value is -2.45. The zero-order chi connectivity index (χ0) is 21.9. The number of hydrogen-bond acceptors (Lipinski definition) is 6. The summed E-state index contributed by atoms with van der Waals surface area (Å²) in [5.41, 5.74) is 9.81. The van der Waals surface area contributed by atoms with E-state index in [0.717, 1.165) is 11.3 Å². The smallest absolute Gasteiger partial charge is 0.254 e. The SMILES string of the molecule is COc1cc(C(=O)N2CCN(C(=O)CN)CC2Cc2cscn2)ccc1C(C)(C)C. The molecule has 0 radical (unpaired) electrons. The minimum Gasteiger partial charge on any atom is -0.496 e. The average molecular weight is 431 g/mol. The van der Waals surface area contributed by atoms with Crippen LogP contribution in [0.2, 0.25) is 0 Å². The lowest BCUT2D eigenvalue weighted by molar-refractivity contribution is -0.132. The van der Waals surface area contributed by atoms with E-state index in [0.29, 0.717) is 37.4 Å². The number of ether oxygens (including phenoxy) is 1. The first-order valence-electron chi connectivity index (χ1n) is 10.1. The lowest BCUT2D eigenvalue weighted by Gasteiger charge is -2.41. The Morgan fingerprint density at radius 3 is 2.67 bits per heavy atom. The maximum Gasteiger partial charge on any atom is 0.254 e. The van der Waals surface area contributed by atoms with Crippen LogP contribution in [-0.2, 0) is 16.6 Å². The molecular weight excluding hydrogens is 400 g/mol. The van der Waals surface area contributed by atoms with Gasteiger partial charge in [0.15, 0.2) is 0 Å². The molecule has 2 amide bonds. The summed E-state index contributed by atoms with van der Waals surface area (Å²) < 4.78 is 5.58. The number of nitrogens with two attached hydrogens (primary N) is 1. The first kappa shape index (κ1) is 22.2. The summed E-state index contributed by atoms with van der Waals surface area (Å²) in [4.78, 5) is 33.5. The van der Waals surface area contributed by atoms with E-state index >= 15 is 0 Å². The molecule has 1 aliphatic heterocycles. The fourth-order valence-corrected chi connectivity index (χ4v) is 4.41. The fraction of sp³-hybridized carbons (Fsp3) is 0.500. The second-order valence-corrected chi connectivity index (χ2v) is 9.26. The van der Waals surface area contributed by atoms with Crippen molar-refractivity contribution in [3.8, 4) is 5.75 Å². The molecular formula is C22H30N4O3S. The van der Waals surface area contributed by atoms with Gasteiger partial charge in [-0.05, 0) is 23.1 Å². The molecule has 0 bridgehead atoms. The van der Waals surface area contributed by atoms with Crippen molar-refractivity contribution in [3.05, 3.63) is 45.9 Å². The van der Waals surface area contributed by atoms with E-state index in [2.05, 4.69) is 25.8 Å². The van der Waals surface area contributed by atoms with Crippen molar-refractivity contribution >= 4 is 23.2 Å². The van der Waals surface area contributed by atoms with E-state index in [9.17, 15) is 9.59 Å². The van der Waals surface area contributed by atoms with Gasteiger partial charge < -0.3 is 20.3 Å². The van der Waals surface area contributed by atoms with Crippen LogP contribution in [0.4, 0.5) is 0 Å². The summed E-state index contributed by atoms with van der Waals surface area (Å²) in [5, 5.41) is 1.98. The molecule has 1 unspecified atom stereocenters. The quantitative estimate of drug-likeness (QED) is 0.786. The maximum atomic E-state index is 13.4. The fourth-order valence-electron chi connectivity index (χ4n) is 3.84. The van der Waals surface area contributed by atoms with Gasteiger partial charge in [0.2, 0.25) is 5.91 Å². The van der Waals surface area contributed by atoms with Crippen LogP contribution in [0.1, 0.15) is 42.4 Å². The van der Waals surface area contributed by atoms with Gasteiger partial charge in [-0.2, -0.15) is 0 Å². The average Bonchev–Trinajstić information content (AvgIpc) is 3.24. The first-order valence-corrected chi connectivity index (χ1v) is 11.0. The Balaban J connectivity index is 1.87. The Labute approximate surface area is 181 Å². The highest BCUT2D eigenvalue weighted by Gasteiger charge is 2.33. The third kappa shape index (κ3) is 4.82. The minimum atomic E-state index is -0.155. The molecule has 0 aliphatic carbocycles. The van der Waals surface area contributed by atoms with Crippen LogP contribution in [0.15, 0.2) is 29.1 Å². The maximum absolute atomic E-state index is 13.4. The van der Waals surface area contributed by atoms with Crippen molar-refractivity contribution < 1.29 is 14.3 Å². The molecule has 1 aromatic heterocycles. The number of amides is 2. The Kier molecular flexibility index (Phi) is 6.77. The number of rotatable bonds is 5. The predicted octanol–water partition coefficient (Wildman–Crippen LogP) is 2.30. The van der Waals surface area contributed by atoms with Crippen molar-refractivity contribution in [2.45, 2.75) is 38.6 Å². The van der Waals surface area contributed by atoms with Crippen molar-refractivity contribution in [1.82, 2.24) is 14.8 Å². The molecule has 1 fully saturated rings. The number of thiazole rings is 1. The number of methoxy groups -OCH3 is 1. The van der Waals surface area contributed by atoms with Crippen LogP contribution in [0.5, 0.6) is 5.75 Å². The van der Waals surface area contributed by atoms with Crippen molar-refractivity contribution in [3.63, 3.8) is 0 Å². The summed E-state index contributed by atoms with van der Waals surface area (Å²) in [6.07, 6.45) is 0.598. The van der Waals surface area contributed by atoms with Crippen LogP contribution in [0.3, 0.4) is 0 Å². The van der Waals surface area contributed by atoms with Gasteiger partial charge in [0.25, 0.3) is 5.91 Å². The lowest BCUT2D eigenvalue weighted by atomic mass is 9.85. The normalized spacial score (nSPS) is 17.2. The molecule has 30 heavy (non-hydrogen) atoms. The largest absolute Gasteiger partial charge is 0.496 e. The van der Waals surface area contributed by atoms with Gasteiger partial charge in [-0.25, -0.2) is 4.98 Å². The van der Waals surface area contributed by atoms with E-state index in [-0.39, 0.29) is 29.8 Å². The first-order chi connectivity index (χ1) is 14.2. The van der Waals surface area contributed by atoms with Gasteiger partial charge in [-0.3, -0.25) is 9.59 Å². The highest BCUT2D eigenvalue weighted by Crippen LogP contribution is 2.32. The third-order valence-electron chi connectivity index (χ3n) is 5.46. The van der Waals surface area contributed by atoms with E-state index in [1.54, 1.807) is 17.5 Å². The summed E-state index contributed by atoms with van der Waals surface area (Å²) >= 11 is 1.52. The van der Waals surface area contributed by atoms with E-state index < -0.39 is 0 Å². The molecule has 162 valence electrons. The number of nitrogens with zero attached hydrogens (tertiary/aromatic N) is 3. The van der Waals surface area contributed by atoms with Gasteiger partial charge in [-0.1, -0.05) is 26.8 Å². The molecule has 8 heteroatoms. The summed E-state index contributed by atoms with van der Waals surface area (Å²) in [6, 6.07) is 5.50. The highest BCUT2D eigenvalue weighted by atomic mass is 32.1. The number of aromatic nitrogens is 1. The molecule has 1 saturated heterocycles. The molecule has 0 saturated carbocycles. The Morgan fingerprint density at radius 2 is 2.07 bits per heavy atom. The molecule has 3 rings (SSSR count). The third-order valence-corrected chi connectivity index (χ3v) is 6.09. The molecule has 2 heterocycles. The summed E-state index contributed by atoms with van der Waals surface area (Å²) in [6.45, 7) is 7.71. The van der Waals surface area contributed by atoms with Crippen LogP contribution < -0.4 is 10.5 Å². The van der Waals surface area contributed by atoms with Crippen LogP contribution in [0.25, 0.3) is 0 Å². The number of piperazine rings is 1. The zero-order valence-corrected chi connectivity index (χ0v) is 18.9. The van der Waals surface area contributed by atoms with Crippen LogP contribution in [-0.4, -0.2) is 65.9 Å². The standard InChI is InChI=1S/C22H30N4O3S/c1-22(2,3)18-6-5-15(9-19(18)29-4)21(28)26-8-7-25(20(27)11-23)12-17(26)10-16-13-30-14-24-16/h5-6,9,13-14,17H,7-8,10-12,23H2,1-4H3. The van der Waals surface area contributed by atoms with E-state index in [1.165, 1.54) is 11.3 Å². The van der Waals surface area contributed by atoms with Crippen molar-refractivity contribution in [2.75, 3.05) is 33.3 Å². The van der Waals surface area contributed by atoms with Crippen molar-refractivity contribution in [2.24, 2.45) is 5.73 Å². The zero-order valence-electron chi connectivity index (χ0n) is 18.1. The van der Waals surface area contributed by atoms with Crippen LogP contribution >= 0.6 is 11.3 Å².